The molecular formula is C30H37N3O5S. The van der Waals surface area contributed by atoms with Crippen LogP contribution in [0.4, 0.5) is 5.69 Å². The highest BCUT2D eigenvalue weighted by Gasteiger charge is 2.34. The highest BCUT2D eigenvalue weighted by Crippen LogP contribution is 2.33. The van der Waals surface area contributed by atoms with Gasteiger partial charge in [0.05, 0.1) is 17.7 Å². The number of nitrogens with one attached hydrogen (secondary N) is 1. The SMILES string of the molecule is CCNC(=O)[C@@H](CC)N(Cc1cccc(C)c1)C(=O)CN(c1cc(C)ccc1OC)S(=O)(=O)c1ccccc1. The summed E-state index contributed by atoms with van der Waals surface area (Å²) in [6.45, 7) is 7.49. The number of aryl methyl sites for hydroxylation is 2. The monoisotopic (exact) mass is 551 g/mol. The van der Waals surface area contributed by atoms with Crippen molar-refractivity contribution in [2.75, 3.05) is 24.5 Å². The van der Waals surface area contributed by atoms with Crippen molar-refractivity contribution in [1.82, 2.24) is 10.2 Å². The van der Waals surface area contributed by atoms with Gasteiger partial charge >= 0.3 is 0 Å². The maximum absolute atomic E-state index is 14.1. The molecule has 0 spiro atoms. The second-order valence-corrected chi connectivity index (χ2v) is 11.2. The van der Waals surface area contributed by atoms with Gasteiger partial charge in [0.15, 0.2) is 0 Å². The largest absolute Gasteiger partial charge is 0.495 e. The van der Waals surface area contributed by atoms with Crippen LogP contribution in [0, 0.1) is 13.8 Å². The average Bonchev–Trinajstić information content (AvgIpc) is 2.92. The zero-order chi connectivity index (χ0) is 28.6. The first-order valence-corrected chi connectivity index (χ1v) is 14.4. The Hall–Kier alpha value is -3.85. The third kappa shape index (κ3) is 7.17. The number of anilines is 1. The van der Waals surface area contributed by atoms with Crippen molar-refractivity contribution in [3.8, 4) is 5.75 Å². The summed E-state index contributed by atoms with van der Waals surface area (Å²) < 4.78 is 34.5. The second-order valence-electron chi connectivity index (χ2n) is 9.33. The summed E-state index contributed by atoms with van der Waals surface area (Å²) in [7, 11) is -2.72. The van der Waals surface area contributed by atoms with Crippen LogP contribution >= 0.6 is 0 Å². The topological polar surface area (TPSA) is 96.0 Å². The Morgan fingerprint density at radius 2 is 1.62 bits per heavy atom. The Labute approximate surface area is 231 Å². The van der Waals surface area contributed by atoms with Gasteiger partial charge in [-0.15, -0.1) is 0 Å². The van der Waals surface area contributed by atoms with Crippen LogP contribution in [0.15, 0.2) is 77.7 Å². The van der Waals surface area contributed by atoms with Gasteiger partial charge in [-0.05, 0) is 62.6 Å². The Balaban J connectivity index is 2.12. The molecule has 0 aliphatic rings. The van der Waals surface area contributed by atoms with Crippen LogP contribution in [-0.2, 0) is 26.2 Å². The molecule has 1 N–H and O–H groups in total. The molecule has 0 heterocycles. The number of amides is 2. The summed E-state index contributed by atoms with van der Waals surface area (Å²) >= 11 is 0. The van der Waals surface area contributed by atoms with E-state index in [1.807, 2.05) is 58.0 Å². The lowest BCUT2D eigenvalue weighted by molar-refractivity contribution is -0.140. The number of sulfonamides is 1. The van der Waals surface area contributed by atoms with Gasteiger partial charge < -0.3 is 15.0 Å². The molecule has 0 saturated heterocycles. The Morgan fingerprint density at radius 1 is 0.923 bits per heavy atom. The van der Waals surface area contributed by atoms with Crippen molar-refractivity contribution in [2.24, 2.45) is 0 Å². The number of methoxy groups -OCH3 is 1. The normalized spacial score (nSPS) is 11.9. The van der Waals surface area contributed by atoms with Gasteiger partial charge in [0.2, 0.25) is 11.8 Å². The molecule has 208 valence electrons. The highest BCUT2D eigenvalue weighted by molar-refractivity contribution is 7.92. The maximum atomic E-state index is 14.1. The molecule has 3 rings (SSSR count). The second kappa shape index (κ2) is 13.3. The average molecular weight is 552 g/mol. The molecule has 8 nitrogen and oxygen atoms in total. The van der Waals surface area contributed by atoms with E-state index in [-0.39, 0.29) is 23.0 Å². The third-order valence-electron chi connectivity index (χ3n) is 6.39. The van der Waals surface area contributed by atoms with Crippen LogP contribution in [-0.4, -0.2) is 51.4 Å². The Kier molecular flexibility index (Phi) is 10.1. The molecule has 0 radical (unpaired) electrons. The third-order valence-corrected chi connectivity index (χ3v) is 8.16. The van der Waals surface area contributed by atoms with Gasteiger partial charge in [-0.2, -0.15) is 0 Å². The molecule has 0 aromatic heterocycles. The van der Waals surface area contributed by atoms with E-state index < -0.39 is 28.5 Å². The quantitative estimate of drug-likeness (QED) is 0.359. The van der Waals surface area contributed by atoms with Crippen LogP contribution in [0.5, 0.6) is 5.75 Å². The van der Waals surface area contributed by atoms with Crippen LogP contribution in [0.1, 0.15) is 37.0 Å². The standard InChI is InChI=1S/C30H37N3O5S/c1-6-26(30(35)31-7-2)32(20-24-13-11-12-22(3)18-24)29(34)21-33(27-19-23(4)16-17-28(27)38-5)39(36,37)25-14-9-8-10-15-25/h8-19,26H,6-7,20-21H2,1-5H3,(H,31,35)/t26-/m1/s1. The zero-order valence-corrected chi connectivity index (χ0v) is 24.0. The van der Waals surface area contributed by atoms with Crippen molar-refractivity contribution in [2.45, 2.75) is 51.6 Å². The van der Waals surface area contributed by atoms with Gasteiger partial charge in [-0.3, -0.25) is 13.9 Å². The van der Waals surface area contributed by atoms with Gasteiger partial charge in [0.25, 0.3) is 10.0 Å². The molecule has 0 fully saturated rings. The minimum atomic E-state index is -4.17. The number of likely N-dealkylation sites (N-methyl/N-ethyl adjacent to an activating group) is 1. The van der Waals surface area contributed by atoms with Crippen molar-refractivity contribution >= 4 is 27.5 Å². The number of carbonyl (C=O) groups excluding carboxylic acids is 2. The fourth-order valence-electron chi connectivity index (χ4n) is 4.45. The molecule has 2 amide bonds. The van der Waals surface area contributed by atoms with Gasteiger partial charge in [0, 0.05) is 13.1 Å². The van der Waals surface area contributed by atoms with E-state index in [0.717, 1.165) is 21.0 Å². The van der Waals surface area contributed by atoms with E-state index in [0.29, 0.717) is 18.7 Å². The number of hydrogen-bond acceptors (Lipinski definition) is 5. The Morgan fingerprint density at radius 3 is 2.23 bits per heavy atom. The molecule has 0 aliphatic carbocycles. The number of carbonyl (C=O) groups is 2. The zero-order valence-electron chi connectivity index (χ0n) is 23.2. The number of nitrogens with zero attached hydrogens (tertiary/aromatic N) is 2. The summed E-state index contributed by atoms with van der Waals surface area (Å²) in [4.78, 5) is 28.6. The summed E-state index contributed by atoms with van der Waals surface area (Å²) in [5, 5.41) is 2.81. The van der Waals surface area contributed by atoms with Gasteiger partial charge in [0.1, 0.15) is 18.3 Å². The molecule has 0 aliphatic heterocycles. The van der Waals surface area contributed by atoms with Crippen LogP contribution in [0.2, 0.25) is 0 Å². The minimum absolute atomic E-state index is 0.0439. The summed E-state index contributed by atoms with van der Waals surface area (Å²) in [6, 6.07) is 20.0. The molecule has 0 unspecified atom stereocenters. The molecule has 39 heavy (non-hydrogen) atoms. The number of benzene rings is 3. The molecular weight excluding hydrogens is 514 g/mol. The Bertz CT molecular complexity index is 1390. The van der Waals surface area contributed by atoms with Gasteiger partial charge in [-0.1, -0.05) is 61.0 Å². The van der Waals surface area contributed by atoms with Gasteiger partial charge in [-0.25, -0.2) is 8.42 Å². The van der Waals surface area contributed by atoms with Crippen molar-refractivity contribution in [3.63, 3.8) is 0 Å². The van der Waals surface area contributed by atoms with Crippen molar-refractivity contribution in [3.05, 3.63) is 89.5 Å². The lowest BCUT2D eigenvalue weighted by atomic mass is 10.1. The predicted octanol–water partition coefficient (Wildman–Crippen LogP) is 4.45. The summed E-state index contributed by atoms with van der Waals surface area (Å²) in [6.07, 6.45) is 0.364. The molecule has 9 heteroatoms. The molecule has 3 aromatic carbocycles. The molecule has 1 atom stereocenters. The maximum Gasteiger partial charge on any atom is 0.264 e. The number of rotatable bonds is 12. The van der Waals surface area contributed by atoms with E-state index in [1.165, 1.54) is 24.1 Å². The van der Waals surface area contributed by atoms with E-state index in [4.69, 9.17) is 4.74 Å². The highest BCUT2D eigenvalue weighted by atomic mass is 32.2. The number of hydrogen-bond donors (Lipinski definition) is 1. The van der Waals surface area contributed by atoms with Crippen molar-refractivity contribution < 1.29 is 22.7 Å². The number of ether oxygens (including phenoxy) is 1. The molecule has 3 aromatic rings. The molecule has 0 bridgehead atoms. The van der Waals surface area contributed by atoms with E-state index in [9.17, 15) is 18.0 Å². The first-order chi connectivity index (χ1) is 18.6. The first kappa shape index (κ1) is 29.7. The first-order valence-electron chi connectivity index (χ1n) is 13.0. The summed E-state index contributed by atoms with van der Waals surface area (Å²) in [5.41, 5.74) is 2.91. The summed E-state index contributed by atoms with van der Waals surface area (Å²) in [5.74, 6) is -0.474. The van der Waals surface area contributed by atoms with Crippen LogP contribution in [0.25, 0.3) is 0 Å². The smallest absolute Gasteiger partial charge is 0.264 e. The lowest BCUT2D eigenvalue weighted by Gasteiger charge is -2.33. The predicted molar refractivity (Wildman–Crippen MR) is 153 cm³/mol. The van der Waals surface area contributed by atoms with E-state index in [1.54, 1.807) is 30.3 Å². The fraction of sp³-hybridized carbons (Fsp3) is 0.333. The fourth-order valence-corrected chi connectivity index (χ4v) is 5.88. The van der Waals surface area contributed by atoms with Crippen LogP contribution in [0.3, 0.4) is 0 Å². The lowest BCUT2D eigenvalue weighted by Crippen LogP contribution is -2.52. The molecule has 0 saturated carbocycles. The van der Waals surface area contributed by atoms with Crippen molar-refractivity contribution in [1.29, 1.82) is 0 Å². The minimum Gasteiger partial charge on any atom is -0.495 e. The van der Waals surface area contributed by atoms with E-state index >= 15 is 0 Å². The van der Waals surface area contributed by atoms with E-state index in [2.05, 4.69) is 5.32 Å². The van der Waals surface area contributed by atoms with Crippen LogP contribution < -0.4 is 14.4 Å².